The number of likely N-dealkylation sites (tertiary alicyclic amines) is 1. The minimum absolute atomic E-state index is 0.0895. The van der Waals surface area contributed by atoms with Gasteiger partial charge in [-0.1, -0.05) is 0 Å². The molecule has 0 aromatic heterocycles. The Morgan fingerprint density at radius 1 is 1.24 bits per heavy atom. The van der Waals surface area contributed by atoms with Gasteiger partial charge >= 0.3 is 0 Å². The first-order valence-electron chi connectivity index (χ1n) is 6.50. The molecule has 2 heterocycles. The molecule has 0 aromatic carbocycles. The first-order valence-corrected chi connectivity index (χ1v) is 8.32. The Labute approximate surface area is 104 Å². The summed E-state index contributed by atoms with van der Waals surface area (Å²) in [5.41, 5.74) is 5.74. The standard InChI is InChI=1S/C12H24N2O2S/c1-11(2)5-3-7-14(11)12(9-13)6-4-8-17(15,16)10-12/h3-10,13H2,1-2H3. The number of nitrogens with zero attached hydrogens (tertiary/aromatic N) is 1. The number of sulfone groups is 1. The lowest BCUT2D eigenvalue weighted by Gasteiger charge is -2.49. The van der Waals surface area contributed by atoms with Crippen LogP contribution in [0, 0.1) is 0 Å². The van der Waals surface area contributed by atoms with Crippen molar-refractivity contribution in [3.05, 3.63) is 0 Å². The normalized spacial score (nSPS) is 37.1. The van der Waals surface area contributed by atoms with Gasteiger partial charge in [0.2, 0.25) is 0 Å². The zero-order valence-corrected chi connectivity index (χ0v) is 11.7. The molecule has 2 N–H and O–H groups in total. The van der Waals surface area contributed by atoms with Crippen LogP contribution in [0.3, 0.4) is 0 Å². The Morgan fingerprint density at radius 3 is 2.41 bits per heavy atom. The third kappa shape index (κ3) is 2.37. The highest BCUT2D eigenvalue weighted by atomic mass is 32.2. The summed E-state index contributed by atoms with van der Waals surface area (Å²) in [7, 11) is -2.91. The molecule has 0 amide bonds. The smallest absolute Gasteiger partial charge is 0.152 e. The summed E-state index contributed by atoms with van der Waals surface area (Å²) >= 11 is 0. The molecule has 2 fully saturated rings. The van der Waals surface area contributed by atoms with E-state index in [9.17, 15) is 8.42 Å². The second-order valence-electron chi connectivity index (χ2n) is 6.19. The Balaban J connectivity index is 2.31. The van der Waals surface area contributed by atoms with E-state index in [0.717, 1.165) is 32.2 Å². The number of hydrogen-bond acceptors (Lipinski definition) is 4. The quantitative estimate of drug-likeness (QED) is 0.796. The molecule has 1 unspecified atom stereocenters. The van der Waals surface area contributed by atoms with Gasteiger partial charge in [-0.15, -0.1) is 0 Å². The second kappa shape index (κ2) is 4.21. The van der Waals surface area contributed by atoms with E-state index in [2.05, 4.69) is 18.7 Å². The van der Waals surface area contributed by atoms with Crippen molar-refractivity contribution in [3.63, 3.8) is 0 Å². The van der Waals surface area contributed by atoms with Gasteiger partial charge in [-0.05, 0) is 46.1 Å². The molecule has 1 atom stereocenters. The lowest BCUT2D eigenvalue weighted by atomic mass is 9.88. The van der Waals surface area contributed by atoms with Crippen molar-refractivity contribution in [2.75, 3.05) is 24.6 Å². The van der Waals surface area contributed by atoms with E-state index in [-0.39, 0.29) is 16.8 Å². The van der Waals surface area contributed by atoms with Crippen molar-refractivity contribution >= 4 is 9.84 Å². The van der Waals surface area contributed by atoms with Gasteiger partial charge in [0.25, 0.3) is 0 Å². The summed E-state index contributed by atoms with van der Waals surface area (Å²) in [6, 6.07) is 0. The Bertz CT molecular complexity index is 391. The molecule has 2 rings (SSSR count). The minimum atomic E-state index is -2.91. The first-order chi connectivity index (χ1) is 7.81. The number of nitrogens with two attached hydrogens (primary N) is 1. The van der Waals surface area contributed by atoms with Crippen LogP contribution in [0.1, 0.15) is 39.5 Å². The van der Waals surface area contributed by atoms with Crippen LogP contribution in [0.15, 0.2) is 0 Å². The van der Waals surface area contributed by atoms with Crippen molar-refractivity contribution in [2.24, 2.45) is 5.73 Å². The second-order valence-corrected chi connectivity index (χ2v) is 8.38. The van der Waals surface area contributed by atoms with Crippen LogP contribution in [-0.4, -0.2) is 49.0 Å². The average Bonchev–Trinajstić information content (AvgIpc) is 2.57. The number of rotatable bonds is 2. The molecular formula is C12H24N2O2S. The largest absolute Gasteiger partial charge is 0.329 e. The van der Waals surface area contributed by atoms with Crippen molar-refractivity contribution in [2.45, 2.75) is 50.6 Å². The highest BCUT2D eigenvalue weighted by Gasteiger charge is 2.49. The molecule has 2 aliphatic rings. The van der Waals surface area contributed by atoms with Gasteiger partial charge < -0.3 is 5.73 Å². The van der Waals surface area contributed by atoms with Gasteiger partial charge in [-0.2, -0.15) is 0 Å². The molecule has 5 heteroatoms. The molecule has 2 aliphatic heterocycles. The Hall–Kier alpha value is -0.130. The van der Waals surface area contributed by atoms with Gasteiger partial charge in [-0.3, -0.25) is 4.90 Å². The van der Waals surface area contributed by atoms with Crippen molar-refractivity contribution in [1.29, 1.82) is 0 Å². The van der Waals surface area contributed by atoms with Crippen molar-refractivity contribution in [1.82, 2.24) is 4.90 Å². The van der Waals surface area contributed by atoms with E-state index in [1.54, 1.807) is 0 Å². The predicted molar refractivity (Wildman–Crippen MR) is 69.7 cm³/mol. The first kappa shape index (κ1) is 13.3. The lowest BCUT2D eigenvalue weighted by molar-refractivity contribution is 0.0408. The third-order valence-corrected chi connectivity index (χ3v) is 6.33. The summed E-state index contributed by atoms with van der Waals surface area (Å²) in [4.78, 5) is 2.37. The summed E-state index contributed by atoms with van der Waals surface area (Å²) in [6.07, 6.45) is 3.96. The van der Waals surface area contributed by atoms with Gasteiger partial charge in [0, 0.05) is 17.6 Å². The number of hydrogen-bond donors (Lipinski definition) is 1. The molecule has 2 saturated heterocycles. The van der Waals surface area contributed by atoms with E-state index in [0.29, 0.717) is 12.3 Å². The lowest BCUT2D eigenvalue weighted by Crippen LogP contribution is -2.64. The molecule has 17 heavy (non-hydrogen) atoms. The van der Waals surface area contributed by atoms with Crippen LogP contribution >= 0.6 is 0 Å². The van der Waals surface area contributed by atoms with E-state index in [4.69, 9.17) is 5.73 Å². The van der Waals surface area contributed by atoms with Gasteiger partial charge in [0.15, 0.2) is 9.84 Å². The summed E-state index contributed by atoms with van der Waals surface area (Å²) in [5.74, 6) is 0.586. The zero-order chi connectivity index (χ0) is 12.7. The topological polar surface area (TPSA) is 63.4 Å². The predicted octanol–water partition coefficient (Wildman–Crippen LogP) is 0.767. The van der Waals surface area contributed by atoms with Crippen LogP contribution in [0.2, 0.25) is 0 Å². The summed E-state index contributed by atoms with van der Waals surface area (Å²) in [5, 5.41) is 0. The van der Waals surface area contributed by atoms with Crippen LogP contribution in [0.5, 0.6) is 0 Å². The highest BCUT2D eigenvalue weighted by molar-refractivity contribution is 7.91. The van der Waals surface area contributed by atoms with Gasteiger partial charge in [0.05, 0.1) is 11.5 Å². The van der Waals surface area contributed by atoms with Crippen LogP contribution in [-0.2, 0) is 9.84 Å². The third-order valence-electron chi connectivity index (χ3n) is 4.44. The van der Waals surface area contributed by atoms with E-state index in [1.807, 2.05) is 0 Å². The molecule has 100 valence electrons. The molecule has 0 aliphatic carbocycles. The monoisotopic (exact) mass is 260 g/mol. The van der Waals surface area contributed by atoms with E-state index in [1.165, 1.54) is 0 Å². The maximum Gasteiger partial charge on any atom is 0.152 e. The molecule has 0 aromatic rings. The maximum absolute atomic E-state index is 11.9. The van der Waals surface area contributed by atoms with Crippen LogP contribution < -0.4 is 5.73 Å². The fraction of sp³-hybridized carbons (Fsp3) is 1.00. The minimum Gasteiger partial charge on any atom is -0.329 e. The molecule has 0 radical (unpaired) electrons. The van der Waals surface area contributed by atoms with E-state index >= 15 is 0 Å². The average molecular weight is 260 g/mol. The zero-order valence-electron chi connectivity index (χ0n) is 10.9. The van der Waals surface area contributed by atoms with Crippen molar-refractivity contribution in [3.8, 4) is 0 Å². The molecule has 4 nitrogen and oxygen atoms in total. The summed E-state index contributed by atoms with van der Waals surface area (Å²) in [6.45, 7) is 5.85. The molecule has 0 saturated carbocycles. The van der Waals surface area contributed by atoms with Crippen LogP contribution in [0.25, 0.3) is 0 Å². The van der Waals surface area contributed by atoms with E-state index < -0.39 is 9.84 Å². The Kier molecular flexibility index (Phi) is 3.30. The van der Waals surface area contributed by atoms with Gasteiger partial charge in [0.1, 0.15) is 0 Å². The SMILES string of the molecule is CC1(C)CCCN1C1(CN)CCCS(=O)(=O)C1. The Morgan fingerprint density at radius 2 is 1.94 bits per heavy atom. The van der Waals surface area contributed by atoms with Gasteiger partial charge in [-0.25, -0.2) is 8.42 Å². The highest BCUT2D eigenvalue weighted by Crippen LogP contribution is 2.39. The fourth-order valence-corrected chi connectivity index (χ4v) is 5.61. The molecule has 0 spiro atoms. The molecular weight excluding hydrogens is 236 g/mol. The summed E-state index contributed by atoms with van der Waals surface area (Å²) < 4.78 is 23.8. The molecule has 0 bridgehead atoms. The van der Waals surface area contributed by atoms with Crippen molar-refractivity contribution < 1.29 is 8.42 Å². The van der Waals surface area contributed by atoms with Crippen LogP contribution in [0.4, 0.5) is 0 Å². The maximum atomic E-state index is 11.9. The fourth-order valence-electron chi connectivity index (χ4n) is 3.65.